The summed E-state index contributed by atoms with van der Waals surface area (Å²) in [5, 5.41) is 11.0. The molecule has 3 nitrogen and oxygen atoms in total. The Balaban J connectivity index is 1.82. The Kier molecular flexibility index (Phi) is 3.49. The minimum absolute atomic E-state index is 0.134. The van der Waals surface area contributed by atoms with Gasteiger partial charge in [-0.1, -0.05) is 25.1 Å². The summed E-state index contributed by atoms with van der Waals surface area (Å²) in [7, 11) is 0. The van der Waals surface area contributed by atoms with E-state index in [1.807, 2.05) is 12.3 Å². The van der Waals surface area contributed by atoms with Gasteiger partial charge in [0.15, 0.2) is 0 Å². The molecular weight excluding hydrogens is 236 g/mol. The van der Waals surface area contributed by atoms with E-state index < -0.39 is 0 Å². The Morgan fingerprint density at radius 1 is 1.32 bits per heavy atom. The lowest BCUT2D eigenvalue weighted by atomic mass is 9.96. The lowest BCUT2D eigenvalue weighted by Gasteiger charge is -2.34. The third-order valence-corrected chi connectivity index (χ3v) is 4.08. The van der Waals surface area contributed by atoms with Crippen LogP contribution in [0.5, 0.6) is 0 Å². The first-order valence-corrected chi connectivity index (χ1v) is 6.97. The van der Waals surface area contributed by atoms with Crippen molar-refractivity contribution in [2.75, 3.05) is 13.1 Å². The molecule has 1 aliphatic heterocycles. The second kappa shape index (κ2) is 5.27. The van der Waals surface area contributed by atoms with Crippen molar-refractivity contribution in [2.24, 2.45) is 5.92 Å². The summed E-state index contributed by atoms with van der Waals surface area (Å²) in [6.07, 6.45) is 2.63. The molecule has 0 radical (unpaired) electrons. The molecule has 19 heavy (non-hydrogen) atoms. The van der Waals surface area contributed by atoms with E-state index in [4.69, 9.17) is 0 Å². The van der Waals surface area contributed by atoms with Gasteiger partial charge in [-0.15, -0.1) is 0 Å². The van der Waals surface area contributed by atoms with Gasteiger partial charge >= 0.3 is 0 Å². The largest absolute Gasteiger partial charge is 0.393 e. The molecule has 100 valence electrons. The van der Waals surface area contributed by atoms with E-state index in [2.05, 4.69) is 41.1 Å². The molecule has 2 atom stereocenters. The zero-order valence-corrected chi connectivity index (χ0v) is 11.3. The molecule has 1 fully saturated rings. The molecule has 0 aliphatic carbocycles. The number of nitrogens with zero attached hydrogens (tertiary/aromatic N) is 2. The van der Waals surface area contributed by atoms with E-state index in [1.54, 1.807) is 0 Å². The van der Waals surface area contributed by atoms with Crippen molar-refractivity contribution in [2.45, 2.75) is 26.0 Å². The van der Waals surface area contributed by atoms with Gasteiger partial charge in [0.25, 0.3) is 0 Å². The zero-order chi connectivity index (χ0) is 13.2. The van der Waals surface area contributed by atoms with Gasteiger partial charge < -0.3 is 5.11 Å². The number of benzene rings is 1. The summed E-state index contributed by atoms with van der Waals surface area (Å²) in [5.41, 5.74) is 2.39. The van der Waals surface area contributed by atoms with Crippen molar-refractivity contribution in [1.29, 1.82) is 0 Å². The average molecular weight is 256 g/mol. The van der Waals surface area contributed by atoms with Gasteiger partial charge in [0.1, 0.15) is 0 Å². The predicted molar refractivity (Wildman–Crippen MR) is 76.8 cm³/mol. The van der Waals surface area contributed by atoms with Gasteiger partial charge in [-0.25, -0.2) is 0 Å². The average Bonchev–Trinajstić information content (AvgIpc) is 2.43. The summed E-state index contributed by atoms with van der Waals surface area (Å²) >= 11 is 0. The molecule has 1 aromatic carbocycles. The van der Waals surface area contributed by atoms with E-state index in [9.17, 15) is 5.11 Å². The van der Waals surface area contributed by atoms with Crippen LogP contribution in [0.1, 0.15) is 18.9 Å². The Bertz CT molecular complexity index is 564. The fourth-order valence-corrected chi connectivity index (χ4v) is 2.90. The van der Waals surface area contributed by atoms with Crippen LogP contribution in [0.4, 0.5) is 0 Å². The lowest BCUT2D eigenvalue weighted by molar-refractivity contribution is 0.0322. The molecule has 3 rings (SSSR count). The summed E-state index contributed by atoms with van der Waals surface area (Å²) in [6.45, 7) is 5.02. The second-order valence-corrected chi connectivity index (χ2v) is 5.56. The van der Waals surface area contributed by atoms with Crippen LogP contribution in [0, 0.1) is 5.92 Å². The lowest BCUT2D eigenvalue weighted by Crippen LogP contribution is -2.41. The van der Waals surface area contributed by atoms with E-state index in [0.717, 1.165) is 31.6 Å². The maximum Gasteiger partial charge on any atom is 0.0705 e. The van der Waals surface area contributed by atoms with Crippen molar-refractivity contribution in [1.82, 2.24) is 9.88 Å². The van der Waals surface area contributed by atoms with Gasteiger partial charge in [-0.3, -0.25) is 9.88 Å². The van der Waals surface area contributed by atoms with Crippen LogP contribution in [0.2, 0.25) is 0 Å². The highest BCUT2D eigenvalue weighted by molar-refractivity contribution is 5.81. The van der Waals surface area contributed by atoms with Crippen molar-refractivity contribution in [3.8, 4) is 0 Å². The fourth-order valence-electron chi connectivity index (χ4n) is 2.90. The molecule has 1 N–H and O–H groups in total. The van der Waals surface area contributed by atoms with Gasteiger partial charge in [0.05, 0.1) is 11.6 Å². The highest BCUT2D eigenvalue weighted by Crippen LogP contribution is 2.22. The van der Waals surface area contributed by atoms with E-state index in [-0.39, 0.29) is 6.10 Å². The molecule has 0 spiro atoms. The normalized spacial score (nSPS) is 24.7. The van der Waals surface area contributed by atoms with Gasteiger partial charge in [-0.05, 0) is 30.0 Å². The molecule has 2 heterocycles. The maximum absolute atomic E-state index is 9.80. The summed E-state index contributed by atoms with van der Waals surface area (Å²) in [4.78, 5) is 6.83. The van der Waals surface area contributed by atoms with E-state index in [1.165, 1.54) is 10.9 Å². The van der Waals surface area contributed by atoms with Gasteiger partial charge in [-0.2, -0.15) is 0 Å². The van der Waals surface area contributed by atoms with Crippen molar-refractivity contribution in [3.05, 3.63) is 42.1 Å². The van der Waals surface area contributed by atoms with Gasteiger partial charge in [0.2, 0.25) is 0 Å². The van der Waals surface area contributed by atoms with Crippen molar-refractivity contribution < 1.29 is 5.11 Å². The Morgan fingerprint density at radius 3 is 3.00 bits per heavy atom. The third-order valence-electron chi connectivity index (χ3n) is 4.08. The van der Waals surface area contributed by atoms with Crippen LogP contribution in [0.3, 0.4) is 0 Å². The molecule has 0 saturated carbocycles. The number of hydrogen-bond donors (Lipinski definition) is 1. The number of hydrogen-bond acceptors (Lipinski definition) is 3. The van der Waals surface area contributed by atoms with Crippen LogP contribution in [-0.2, 0) is 6.54 Å². The third kappa shape index (κ3) is 2.62. The fraction of sp³-hybridized carbons (Fsp3) is 0.438. The Labute approximate surface area is 113 Å². The second-order valence-electron chi connectivity index (χ2n) is 5.56. The summed E-state index contributed by atoms with van der Waals surface area (Å²) < 4.78 is 0. The number of piperidine rings is 1. The molecule has 3 heteroatoms. The molecular formula is C16H20N2O. The molecule has 2 unspecified atom stereocenters. The van der Waals surface area contributed by atoms with Crippen LogP contribution in [-0.4, -0.2) is 34.2 Å². The van der Waals surface area contributed by atoms with E-state index in [0.29, 0.717) is 5.92 Å². The molecule has 0 amide bonds. The topological polar surface area (TPSA) is 36.4 Å². The number of fused-ring (bicyclic) bond motifs is 1. The first-order valence-electron chi connectivity index (χ1n) is 6.97. The Hall–Kier alpha value is -1.45. The quantitative estimate of drug-likeness (QED) is 0.896. The van der Waals surface area contributed by atoms with Crippen LogP contribution >= 0.6 is 0 Å². The summed E-state index contributed by atoms with van der Waals surface area (Å²) in [6, 6.07) is 10.4. The Morgan fingerprint density at radius 2 is 2.16 bits per heavy atom. The number of pyridine rings is 1. The number of rotatable bonds is 2. The molecule has 1 aromatic heterocycles. The van der Waals surface area contributed by atoms with Crippen LogP contribution < -0.4 is 0 Å². The first-order chi connectivity index (χ1) is 9.24. The minimum atomic E-state index is -0.134. The smallest absolute Gasteiger partial charge is 0.0705 e. The highest BCUT2D eigenvalue weighted by Gasteiger charge is 2.24. The number of aliphatic hydroxyl groups is 1. The molecule has 2 aromatic rings. The van der Waals surface area contributed by atoms with E-state index >= 15 is 0 Å². The molecule has 1 aliphatic rings. The number of aliphatic hydroxyl groups excluding tert-OH is 1. The van der Waals surface area contributed by atoms with Crippen LogP contribution in [0.25, 0.3) is 10.9 Å². The number of aromatic nitrogens is 1. The predicted octanol–water partition coefficient (Wildman–Crippen LogP) is 2.44. The molecule has 0 bridgehead atoms. The maximum atomic E-state index is 9.80. The van der Waals surface area contributed by atoms with Crippen molar-refractivity contribution in [3.63, 3.8) is 0 Å². The van der Waals surface area contributed by atoms with Crippen LogP contribution in [0.15, 0.2) is 36.5 Å². The zero-order valence-electron chi connectivity index (χ0n) is 11.3. The first kappa shape index (κ1) is 12.6. The highest BCUT2D eigenvalue weighted by atomic mass is 16.3. The monoisotopic (exact) mass is 256 g/mol. The standard InChI is InChI=1S/C16H20N2O/c1-12-10-18(9-7-16(12)19)11-13-6-8-17-15-5-3-2-4-14(13)15/h2-6,8,12,16,19H,7,9-11H2,1H3. The molecule has 1 saturated heterocycles. The minimum Gasteiger partial charge on any atom is -0.393 e. The van der Waals surface area contributed by atoms with Gasteiger partial charge in [0, 0.05) is 31.2 Å². The van der Waals surface area contributed by atoms with Crippen molar-refractivity contribution >= 4 is 10.9 Å². The number of para-hydroxylation sites is 1. The summed E-state index contributed by atoms with van der Waals surface area (Å²) in [5.74, 6) is 0.363. The number of likely N-dealkylation sites (tertiary alicyclic amines) is 1. The SMILES string of the molecule is CC1CN(Cc2ccnc3ccccc23)CCC1O.